The summed E-state index contributed by atoms with van der Waals surface area (Å²) in [7, 11) is 6.58. The van der Waals surface area contributed by atoms with E-state index in [-0.39, 0.29) is 22.7 Å². The normalized spacial score (nSPS) is 11.6. The molecule has 0 aliphatic rings. The number of hydrogen-bond donors (Lipinski definition) is 0. The van der Waals surface area contributed by atoms with Gasteiger partial charge in [0.05, 0.1) is 55.1 Å². The summed E-state index contributed by atoms with van der Waals surface area (Å²) in [5, 5.41) is 20.1. The first-order valence-corrected chi connectivity index (χ1v) is 10.6. The van der Waals surface area contributed by atoms with Gasteiger partial charge in [0.1, 0.15) is 0 Å². The summed E-state index contributed by atoms with van der Waals surface area (Å²) in [6, 6.07) is 11.1. The molecule has 3 rings (SSSR count). The molecule has 0 N–H and O–H groups in total. The standard InChI is InChI=1S/C21H27N6O2S.BrH/c1-6-25(11-12-27(3,4)5)17-9-7-16(8-10-17)23-24-21-22-20-15(2)13-18(26(28)29)14-19(20)30-21;/h7-10,13-14H,6,11-12H2,1-5H3;1H/q+1;/p-1. The van der Waals surface area contributed by atoms with Crippen molar-refractivity contribution in [2.75, 3.05) is 45.7 Å². The molecule has 31 heavy (non-hydrogen) atoms. The number of non-ortho nitro benzene ring substituents is 1. The first-order chi connectivity index (χ1) is 14.2. The first kappa shape index (κ1) is 24.8. The summed E-state index contributed by atoms with van der Waals surface area (Å²) in [6.45, 7) is 6.95. The lowest BCUT2D eigenvalue weighted by atomic mass is 10.2. The lowest BCUT2D eigenvalue weighted by Gasteiger charge is -2.29. The van der Waals surface area contributed by atoms with Crippen LogP contribution in [0.3, 0.4) is 0 Å². The Balaban J connectivity index is 0.00000341. The number of nitrogens with zero attached hydrogens (tertiary/aromatic N) is 6. The molecule has 1 heterocycles. The maximum atomic E-state index is 11.0. The van der Waals surface area contributed by atoms with E-state index in [9.17, 15) is 10.1 Å². The molecule has 0 fully saturated rings. The fourth-order valence-electron chi connectivity index (χ4n) is 3.04. The Kier molecular flexibility index (Phi) is 8.21. The molecular weight excluding hydrogens is 480 g/mol. The number of fused-ring (bicyclic) bond motifs is 1. The van der Waals surface area contributed by atoms with Gasteiger partial charge in [-0.2, -0.15) is 0 Å². The number of quaternary nitrogens is 1. The van der Waals surface area contributed by atoms with Gasteiger partial charge in [-0.25, -0.2) is 4.98 Å². The van der Waals surface area contributed by atoms with E-state index >= 15 is 0 Å². The van der Waals surface area contributed by atoms with E-state index in [2.05, 4.69) is 60.3 Å². The molecule has 0 bridgehead atoms. The lowest BCUT2D eigenvalue weighted by molar-refractivity contribution is -0.868. The Morgan fingerprint density at radius 1 is 1.16 bits per heavy atom. The van der Waals surface area contributed by atoms with Crippen LogP contribution in [0.5, 0.6) is 0 Å². The fourth-order valence-corrected chi connectivity index (χ4v) is 3.93. The number of rotatable bonds is 8. The summed E-state index contributed by atoms with van der Waals surface area (Å²) in [5.41, 5.74) is 3.45. The molecule has 0 aliphatic heterocycles. The second-order valence-corrected chi connectivity index (χ2v) is 9.18. The van der Waals surface area contributed by atoms with Gasteiger partial charge in [0.15, 0.2) is 0 Å². The predicted molar refractivity (Wildman–Crippen MR) is 122 cm³/mol. The maximum absolute atomic E-state index is 11.0. The van der Waals surface area contributed by atoms with Gasteiger partial charge >= 0.3 is 0 Å². The summed E-state index contributed by atoms with van der Waals surface area (Å²) < 4.78 is 1.66. The van der Waals surface area contributed by atoms with Crippen LogP contribution in [0.4, 0.5) is 22.2 Å². The second kappa shape index (κ2) is 10.3. The minimum absolute atomic E-state index is 0. The zero-order valence-electron chi connectivity index (χ0n) is 18.4. The number of nitro benzene ring substituents is 1. The van der Waals surface area contributed by atoms with E-state index in [0.717, 1.165) is 51.3 Å². The number of thiazole rings is 1. The Morgan fingerprint density at radius 2 is 1.84 bits per heavy atom. The van der Waals surface area contributed by atoms with Crippen molar-refractivity contribution in [3.8, 4) is 0 Å². The third-order valence-corrected chi connectivity index (χ3v) is 5.64. The molecule has 0 atom stereocenters. The predicted octanol–water partition coefficient (Wildman–Crippen LogP) is 2.46. The number of halogens is 1. The van der Waals surface area contributed by atoms with E-state index in [1.165, 1.54) is 23.5 Å². The molecule has 3 aromatic rings. The number of benzene rings is 2. The molecule has 2 aromatic carbocycles. The third-order valence-electron chi connectivity index (χ3n) is 4.76. The average Bonchev–Trinajstić information content (AvgIpc) is 3.10. The number of aryl methyl sites for hydroxylation is 1. The van der Waals surface area contributed by atoms with Crippen LogP contribution < -0.4 is 21.9 Å². The smallest absolute Gasteiger partial charge is 0.271 e. The van der Waals surface area contributed by atoms with Crippen LogP contribution in [-0.2, 0) is 0 Å². The molecule has 166 valence electrons. The largest absolute Gasteiger partial charge is 1.00 e. The Morgan fingerprint density at radius 3 is 2.42 bits per heavy atom. The van der Waals surface area contributed by atoms with E-state index in [0.29, 0.717) is 5.13 Å². The quantitative estimate of drug-likeness (QED) is 0.203. The van der Waals surface area contributed by atoms with Gasteiger partial charge in [-0.15, -0.1) is 10.2 Å². The van der Waals surface area contributed by atoms with Gasteiger partial charge in [0.2, 0.25) is 5.13 Å². The number of anilines is 1. The highest BCUT2D eigenvalue weighted by atomic mass is 79.9. The second-order valence-electron chi connectivity index (χ2n) is 8.17. The van der Waals surface area contributed by atoms with Gasteiger partial charge in [-0.3, -0.25) is 10.1 Å². The van der Waals surface area contributed by atoms with Crippen molar-refractivity contribution in [3.05, 3.63) is 52.1 Å². The van der Waals surface area contributed by atoms with Gasteiger partial charge in [-0.1, -0.05) is 11.3 Å². The van der Waals surface area contributed by atoms with Crippen molar-refractivity contribution >= 4 is 43.7 Å². The first-order valence-electron chi connectivity index (χ1n) is 9.79. The Bertz CT molecular complexity index is 1080. The minimum Gasteiger partial charge on any atom is -1.00 e. The minimum atomic E-state index is -0.394. The molecule has 1 aromatic heterocycles. The van der Waals surface area contributed by atoms with Gasteiger partial charge < -0.3 is 26.4 Å². The molecule has 0 radical (unpaired) electrons. The molecule has 0 unspecified atom stereocenters. The lowest BCUT2D eigenvalue weighted by Crippen LogP contribution is -3.00. The highest BCUT2D eigenvalue weighted by molar-refractivity contribution is 7.22. The van der Waals surface area contributed by atoms with Crippen LogP contribution in [0.2, 0.25) is 0 Å². The van der Waals surface area contributed by atoms with E-state index in [1.54, 1.807) is 0 Å². The van der Waals surface area contributed by atoms with Crippen LogP contribution in [0, 0.1) is 17.0 Å². The van der Waals surface area contributed by atoms with Crippen LogP contribution in [-0.4, -0.2) is 55.2 Å². The Labute approximate surface area is 196 Å². The average molecular weight is 507 g/mol. The molecule has 0 aliphatic carbocycles. The highest BCUT2D eigenvalue weighted by Gasteiger charge is 2.14. The summed E-state index contributed by atoms with van der Waals surface area (Å²) in [5.74, 6) is 0. The van der Waals surface area contributed by atoms with Gasteiger partial charge in [-0.05, 0) is 43.7 Å². The van der Waals surface area contributed by atoms with Crippen molar-refractivity contribution in [1.29, 1.82) is 0 Å². The third kappa shape index (κ3) is 6.52. The molecule has 0 amide bonds. The number of aromatic nitrogens is 1. The van der Waals surface area contributed by atoms with Crippen molar-refractivity contribution in [2.24, 2.45) is 10.2 Å². The summed E-state index contributed by atoms with van der Waals surface area (Å²) in [4.78, 5) is 17.5. The highest BCUT2D eigenvalue weighted by Crippen LogP contribution is 2.34. The number of azo groups is 1. The van der Waals surface area contributed by atoms with Crippen LogP contribution in [0.1, 0.15) is 12.5 Å². The molecule has 0 spiro atoms. The molecule has 8 nitrogen and oxygen atoms in total. The van der Waals surface area contributed by atoms with E-state index in [1.807, 2.05) is 19.1 Å². The molecule has 0 saturated heterocycles. The van der Waals surface area contributed by atoms with Crippen LogP contribution in [0.25, 0.3) is 10.2 Å². The molecule has 0 saturated carbocycles. The van der Waals surface area contributed by atoms with Gasteiger partial charge in [0, 0.05) is 24.4 Å². The number of nitro groups is 1. The van der Waals surface area contributed by atoms with Crippen molar-refractivity contribution in [3.63, 3.8) is 0 Å². The van der Waals surface area contributed by atoms with Crippen molar-refractivity contribution in [1.82, 2.24) is 4.98 Å². The monoisotopic (exact) mass is 506 g/mol. The topological polar surface area (TPSA) is 84.0 Å². The Hall–Kier alpha value is -2.43. The fraction of sp³-hybridized carbons (Fsp3) is 0.381. The van der Waals surface area contributed by atoms with E-state index in [4.69, 9.17) is 0 Å². The van der Waals surface area contributed by atoms with Gasteiger partial charge in [0.25, 0.3) is 5.69 Å². The summed E-state index contributed by atoms with van der Waals surface area (Å²) in [6.07, 6.45) is 0. The van der Waals surface area contributed by atoms with Crippen LogP contribution >= 0.6 is 11.3 Å². The SMILES string of the molecule is CCN(CC[N+](C)(C)C)c1ccc(N=Nc2nc3c(C)cc([N+](=O)[O-])cc3s2)cc1.[Br-]. The molecule has 10 heteroatoms. The maximum Gasteiger partial charge on any atom is 0.271 e. The number of hydrogen-bond acceptors (Lipinski definition) is 7. The van der Waals surface area contributed by atoms with E-state index < -0.39 is 4.92 Å². The number of likely N-dealkylation sites (N-methyl/N-ethyl adjacent to an activating group) is 2. The molecular formula is C21H27BrN6O2S. The zero-order chi connectivity index (χ0) is 21.9. The summed E-state index contributed by atoms with van der Waals surface area (Å²) >= 11 is 1.30. The van der Waals surface area contributed by atoms with Crippen LogP contribution in [0.15, 0.2) is 46.6 Å². The van der Waals surface area contributed by atoms with Crippen molar-refractivity contribution in [2.45, 2.75) is 13.8 Å². The zero-order valence-corrected chi connectivity index (χ0v) is 20.8. The van der Waals surface area contributed by atoms with Crippen molar-refractivity contribution < 1.29 is 26.4 Å².